The highest BCUT2D eigenvalue weighted by molar-refractivity contribution is 6.31. The summed E-state index contributed by atoms with van der Waals surface area (Å²) < 4.78 is 0. The van der Waals surface area contributed by atoms with E-state index >= 15 is 0 Å². The van der Waals surface area contributed by atoms with Crippen molar-refractivity contribution in [1.29, 1.82) is 0 Å². The zero-order chi connectivity index (χ0) is 12.3. The van der Waals surface area contributed by atoms with Crippen LogP contribution >= 0.6 is 11.6 Å². The van der Waals surface area contributed by atoms with Gasteiger partial charge >= 0.3 is 5.97 Å². The van der Waals surface area contributed by atoms with Crippen molar-refractivity contribution in [2.45, 2.75) is 13.3 Å². The van der Waals surface area contributed by atoms with Gasteiger partial charge < -0.3 is 5.11 Å². The molecule has 1 atom stereocenters. The van der Waals surface area contributed by atoms with Crippen LogP contribution in [0.25, 0.3) is 0 Å². The number of rotatable bonds is 4. The minimum absolute atomic E-state index is 0.0861. The Bertz CT molecular complexity index is 433. The van der Waals surface area contributed by atoms with Crippen molar-refractivity contribution in [3.05, 3.63) is 38.9 Å². The summed E-state index contributed by atoms with van der Waals surface area (Å²) in [5.74, 6) is -1.58. The minimum atomic E-state index is -0.956. The van der Waals surface area contributed by atoms with Crippen LogP contribution in [0.2, 0.25) is 5.02 Å². The molecule has 0 aliphatic heterocycles. The Balaban J connectivity index is 2.98. The van der Waals surface area contributed by atoms with E-state index in [4.69, 9.17) is 16.7 Å². The number of non-ortho nitro benzene ring substituents is 1. The largest absolute Gasteiger partial charge is 0.481 e. The van der Waals surface area contributed by atoms with E-state index in [-0.39, 0.29) is 12.1 Å². The number of nitrogens with zero attached hydrogens (tertiary/aromatic N) is 1. The second kappa shape index (κ2) is 4.94. The first kappa shape index (κ1) is 12.4. The van der Waals surface area contributed by atoms with E-state index in [1.165, 1.54) is 25.1 Å². The van der Waals surface area contributed by atoms with Gasteiger partial charge in [0.15, 0.2) is 0 Å². The van der Waals surface area contributed by atoms with Gasteiger partial charge in [-0.1, -0.05) is 18.5 Å². The fourth-order valence-corrected chi connectivity index (χ4v) is 1.44. The number of halogens is 1. The van der Waals surface area contributed by atoms with Gasteiger partial charge in [0, 0.05) is 17.2 Å². The summed E-state index contributed by atoms with van der Waals surface area (Å²) in [4.78, 5) is 20.7. The molecular weight excluding hydrogens is 234 g/mol. The number of nitro benzene ring substituents is 1. The number of carboxylic acids is 1. The van der Waals surface area contributed by atoms with E-state index in [0.29, 0.717) is 10.6 Å². The fourth-order valence-electron chi connectivity index (χ4n) is 1.25. The number of hydrogen-bond acceptors (Lipinski definition) is 3. The number of carbonyl (C=O) groups is 1. The lowest BCUT2D eigenvalue weighted by molar-refractivity contribution is -0.384. The van der Waals surface area contributed by atoms with Crippen molar-refractivity contribution < 1.29 is 14.8 Å². The third-order valence-corrected chi connectivity index (χ3v) is 2.56. The van der Waals surface area contributed by atoms with Gasteiger partial charge in [-0.05, 0) is 18.1 Å². The summed E-state index contributed by atoms with van der Waals surface area (Å²) in [6.07, 6.45) is 0.176. The normalized spacial score (nSPS) is 12.1. The molecule has 0 aromatic heterocycles. The highest BCUT2D eigenvalue weighted by Crippen LogP contribution is 2.24. The van der Waals surface area contributed by atoms with Gasteiger partial charge in [0.1, 0.15) is 0 Å². The van der Waals surface area contributed by atoms with Crippen LogP contribution in [0.1, 0.15) is 12.5 Å². The van der Waals surface area contributed by atoms with Crippen molar-refractivity contribution >= 4 is 23.3 Å². The molecule has 1 rings (SSSR count). The van der Waals surface area contributed by atoms with E-state index in [1.807, 2.05) is 0 Å². The lowest BCUT2D eigenvalue weighted by Gasteiger charge is -2.07. The Morgan fingerprint density at radius 1 is 1.62 bits per heavy atom. The summed E-state index contributed by atoms with van der Waals surface area (Å²) in [6.45, 7) is 1.53. The van der Waals surface area contributed by atoms with Gasteiger partial charge in [-0.15, -0.1) is 0 Å². The number of carboxylic acid groups (broad SMARTS) is 1. The predicted octanol–water partition coefficient (Wildman–Crippen LogP) is 2.51. The van der Waals surface area contributed by atoms with E-state index in [0.717, 1.165) is 0 Å². The van der Waals surface area contributed by atoms with Crippen LogP contribution in [0.5, 0.6) is 0 Å². The van der Waals surface area contributed by atoms with Gasteiger partial charge in [0.25, 0.3) is 5.69 Å². The van der Waals surface area contributed by atoms with Crippen LogP contribution in [0.4, 0.5) is 5.69 Å². The zero-order valence-corrected chi connectivity index (χ0v) is 9.27. The molecule has 0 saturated carbocycles. The Labute approximate surface area is 96.8 Å². The maximum Gasteiger partial charge on any atom is 0.306 e. The van der Waals surface area contributed by atoms with Crippen LogP contribution in [0, 0.1) is 16.0 Å². The molecule has 0 fully saturated rings. The van der Waals surface area contributed by atoms with Gasteiger partial charge in [-0.2, -0.15) is 0 Å². The Kier molecular flexibility index (Phi) is 3.84. The molecule has 5 nitrogen and oxygen atoms in total. The van der Waals surface area contributed by atoms with E-state index < -0.39 is 16.8 Å². The van der Waals surface area contributed by atoms with E-state index in [1.54, 1.807) is 0 Å². The lowest BCUT2D eigenvalue weighted by Crippen LogP contribution is -2.12. The molecule has 6 heteroatoms. The smallest absolute Gasteiger partial charge is 0.306 e. The van der Waals surface area contributed by atoms with Crippen LogP contribution in [0.15, 0.2) is 18.2 Å². The summed E-state index contributed by atoms with van der Waals surface area (Å²) in [6, 6.07) is 4.00. The van der Waals surface area contributed by atoms with Crippen LogP contribution < -0.4 is 0 Å². The Morgan fingerprint density at radius 2 is 2.25 bits per heavy atom. The quantitative estimate of drug-likeness (QED) is 0.651. The van der Waals surface area contributed by atoms with Gasteiger partial charge in [-0.25, -0.2) is 0 Å². The predicted molar refractivity (Wildman–Crippen MR) is 58.6 cm³/mol. The van der Waals surface area contributed by atoms with Crippen molar-refractivity contribution in [2.75, 3.05) is 0 Å². The molecule has 16 heavy (non-hydrogen) atoms. The molecule has 0 radical (unpaired) electrons. The maximum absolute atomic E-state index is 10.7. The van der Waals surface area contributed by atoms with E-state index in [9.17, 15) is 14.9 Å². The summed E-state index contributed by atoms with van der Waals surface area (Å²) >= 11 is 5.83. The van der Waals surface area contributed by atoms with Gasteiger partial charge in [0.2, 0.25) is 0 Å². The molecule has 0 bridgehead atoms. The minimum Gasteiger partial charge on any atom is -0.481 e. The Hall–Kier alpha value is -1.62. The summed E-state index contributed by atoms with van der Waals surface area (Å²) in [5, 5.41) is 19.6. The molecule has 0 heterocycles. The number of nitro groups is 1. The SMILES string of the molecule is CC(Cc1cc([N+](=O)[O-])ccc1Cl)C(=O)O. The van der Waals surface area contributed by atoms with Crippen LogP contribution in [-0.2, 0) is 11.2 Å². The number of benzene rings is 1. The highest BCUT2D eigenvalue weighted by atomic mass is 35.5. The first-order valence-corrected chi connectivity index (χ1v) is 4.95. The topological polar surface area (TPSA) is 80.4 Å². The third kappa shape index (κ3) is 2.93. The van der Waals surface area contributed by atoms with Crippen molar-refractivity contribution in [2.24, 2.45) is 5.92 Å². The number of aliphatic carboxylic acids is 1. The molecule has 86 valence electrons. The van der Waals surface area contributed by atoms with E-state index in [2.05, 4.69) is 0 Å². The molecule has 0 aliphatic carbocycles. The second-order valence-electron chi connectivity index (χ2n) is 3.48. The first-order valence-electron chi connectivity index (χ1n) is 4.57. The fraction of sp³-hybridized carbons (Fsp3) is 0.300. The van der Waals surface area contributed by atoms with Crippen molar-refractivity contribution in [1.82, 2.24) is 0 Å². The maximum atomic E-state index is 10.7. The van der Waals surface area contributed by atoms with Crippen LogP contribution in [0.3, 0.4) is 0 Å². The second-order valence-corrected chi connectivity index (χ2v) is 3.88. The third-order valence-electron chi connectivity index (χ3n) is 2.19. The lowest BCUT2D eigenvalue weighted by atomic mass is 10.0. The molecule has 0 spiro atoms. The molecule has 1 aromatic rings. The monoisotopic (exact) mass is 243 g/mol. The van der Waals surface area contributed by atoms with Gasteiger partial charge in [0.05, 0.1) is 10.8 Å². The molecular formula is C10H10ClNO4. The average Bonchev–Trinajstić information content (AvgIpc) is 2.20. The van der Waals surface area contributed by atoms with Gasteiger partial charge in [-0.3, -0.25) is 14.9 Å². The first-order chi connectivity index (χ1) is 7.41. The molecule has 1 N–H and O–H groups in total. The van der Waals surface area contributed by atoms with Crippen molar-refractivity contribution in [3.8, 4) is 0 Å². The highest BCUT2D eigenvalue weighted by Gasteiger charge is 2.16. The summed E-state index contributed by atoms with van der Waals surface area (Å²) in [7, 11) is 0. The molecule has 1 unspecified atom stereocenters. The number of hydrogen-bond donors (Lipinski definition) is 1. The molecule has 0 saturated heterocycles. The Morgan fingerprint density at radius 3 is 2.75 bits per heavy atom. The average molecular weight is 244 g/mol. The molecule has 1 aromatic carbocycles. The van der Waals surface area contributed by atoms with Crippen molar-refractivity contribution in [3.63, 3.8) is 0 Å². The standard InChI is InChI=1S/C10H10ClNO4/c1-6(10(13)14)4-7-5-8(12(15)16)2-3-9(7)11/h2-3,5-6H,4H2,1H3,(H,13,14). The zero-order valence-electron chi connectivity index (χ0n) is 8.51. The van der Waals surface area contributed by atoms with Crippen LogP contribution in [-0.4, -0.2) is 16.0 Å². The molecule has 0 aliphatic rings. The molecule has 0 amide bonds. The summed E-state index contributed by atoms with van der Waals surface area (Å²) in [5.41, 5.74) is 0.391.